The zero-order valence-corrected chi connectivity index (χ0v) is 10.5. The fraction of sp³-hybridized carbons (Fsp3) is 0.182. The molecule has 0 bridgehead atoms. The number of benzene rings is 1. The van der Waals surface area contributed by atoms with Gasteiger partial charge in [0.1, 0.15) is 0 Å². The average Bonchev–Trinajstić information content (AvgIpc) is 2.60. The van der Waals surface area contributed by atoms with Crippen molar-refractivity contribution in [3.05, 3.63) is 33.6 Å². The van der Waals surface area contributed by atoms with E-state index < -0.39 is 0 Å². The fourth-order valence-electron chi connectivity index (χ4n) is 1.34. The van der Waals surface area contributed by atoms with Gasteiger partial charge in [-0.15, -0.1) is 11.3 Å². The lowest BCUT2D eigenvalue weighted by Crippen LogP contribution is -2.03. The summed E-state index contributed by atoms with van der Waals surface area (Å²) in [5.74, 6) is -0.260. The summed E-state index contributed by atoms with van der Waals surface area (Å²) >= 11 is 5.06. The van der Waals surface area contributed by atoms with Crippen LogP contribution in [0.3, 0.4) is 0 Å². The molecule has 0 aliphatic carbocycles. The molecule has 0 radical (unpaired) electrons. The van der Waals surface area contributed by atoms with E-state index in [1.165, 1.54) is 0 Å². The van der Waals surface area contributed by atoms with Crippen molar-refractivity contribution in [3.63, 3.8) is 0 Å². The maximum Gasteiger partial charge on any atom is 0.338 e. The third kappa shape index (κ3) is 2.06. The van der Waals surface area contributed by atoms with Crippen LogP contribution in [0.4, 0.5) is 0 Å². The molecule has 0 unspecified atom stereocenters. The molecule has 0 saturated heterocycles. The van der Waals surface area contributed by atoms with Gasteiger partial charge in [0.05, 0.1) is 12.2 Å². The van der Waals surface area contributed by atoms with Crippen LogP contribution in [0.25, 0.3) is 10.1 Å². The molecule has 15 heavy (non-hydrogen) atoms. The average molecular weight is 285 g/mol. The predicted octanol–water partition coefficient (Wildman–Crippen LogP) is 3.84. The van der Waals surface area contributed by atoms with Gasteiger partial charge in [0.15, 0.2) is 0 Å². The van der Waals surface area contributed by atoms with Crippen LogP contribution in [0.1, 0.15) is 17.3 Å². The maximum absolute atomic E-state index is 11.5. The van der Waals surface area contributed by atoms with Gasteiger partial charge in [0, 0.05) is 19.9 Å². The molecular weight excluding hydrogens is 276 g/mol. The number of thiophene rings is 1. The monoisotopic (exact) mass is 284 g/mol. The van der Waals surface area contributed by atoms with Gasteiger partial charge in [0.2, 0.25) is 0 Å². The van der Waals surface area contributed by atoms with Gasteiger partial charge in [-0.1, -0.05) is 6.07 Å². The molecule has 1 aromatic carbocycles. The van der Waals surface area contributed by atoms with Crippen molar-refractivity contribution < 1.29 is 9.53 Å². The zero-order chi connectivity index (χ0) is 10.8. The molecule has 0 fully saturated rings. The van der Waals surface area contributed by atoms with Crippen molar-refractivity contribution in [2.45, 2.75) is 6.92 Å². The number of hydrogen-bond donors (Lipinski definition) is 0. The highest BCUT2D eigenvalue weighted by atomic mass is 79.9. The number of halogens is 1. The summed E-state index contributed by atoms with van der Waals surface area (Å²) in [6.45, 7) is 2.21. The number of carbonyl (C=O) groups excluding carboxylic acids is 1. The van der Waals surface area contributed by atoms with Crippen molar-refractivity contribution >= 4 is 43.3 Å². The van der Waals surface area contributed by atoms with Crippen LogP contribution in [0.15, 0.2) is 28.1 Å². The summed E-state index contributed by atoms with van der Waals surface area (Å²) in [4.78, 5) is 11.5. The number of rotatable bonds is 2. The van der Waals surface area contributed by atoms with Gasteiger partial charge in [-0.3, -0.25) is 0 Å². The second kappa shape index (κ2) is 4.33. The van der Waals surface area contributed by atoms with Crippen LogP contribution in [-0.4, -0.2) is 12.6 Å². The largest absolute Gasteiger partial charge is 0.462 e. The summed E-state index contributed by atoms with van der Waals surface area (Å²) in [5, 5.41) is 3.15. The minimum atomic E-state index is -0.260. The standard InChI is InChI=1S/C11H9BrO2S/c1-2-14-11(13)7-3-4-8-9(12)6-15-10(8)5-7/h3-6H,2H2,1H3. The topological polar surface area (TPSA) is 26.3 Å². The molecule has 0 aliphatic heterocycles. The summed E-state index contributed by atoms with van der Waals surface area (Å²) in [6, 6.07) is 5.59. The Morgan fingerprint density at radius 3 is 3.07 bits per heavy atom. The minimum absolute atomic E-state index is 0.260. The molecule has 2 nitrogen and oxygen atoms in total. The summed E-state index contributed by atoms with van der Waals surface area (Å²) < 4.78 is 7.10. The third-order valence-corrected chi connectivity index (χ3v) is 3.94. The Hall–Kier alpha value is -0.870. The van der Waals surface area contributed by atoms with E-state index in [4.69, 9.17) is 4.74 Å². The maximum atomic E-state index is 11.5. The van der Waals surface area contributed by atoms with Gasteiger partial charge >= 0.3 is 5.97 Å². The van der Waals surface area contributed by atoms with Crippen LogP contribution < -0.4 is 0 Å². The van der Waals surface area contributed by atoms with Gasteiger partial charge in [-0.25, -0.2) is 4.79 Å². The normalized spacial score (nSPS) is 10.5. The van der Waals surface area contributed by atoms with Crippen molar-refractivity contribution in [1.29, 1.82) is 0 Å². The summed E-state index contributed by atoms with van der Waals surface area (Å²) in [5.41, 5.74) is 0.610. The van der Waals surface area contributed by atoms with Crippen molar-refractivity contribution in [2.24, 2.45) is 0 Å². The highest BCUT2D eigenvalue weighted by molar-refractivity contribution is 9.10. The van der Waals surface area contributed by atoms with Crippen molar-refractivity contribution in [1.82, 2.24) is 0 Å². The molecule has 1 heterocycles. The van der Waals surface area contributed by atoms with E-state index >= 15 is 0 Å². The van der Waals surface area contributed by atoms with Crippen LogP contribution in [-0.2, 0) is 4.74 Å². The van der Waals surface area contributed by atoms with Crippen LogP contribution in [0, 0.1) is 0 Å². The van der Waals surface area contributed by atoms with Gasteiger partial charge in [-0.2, -0.15) is 0 Å². The number of hydrogen-bond acceptors (Lipinski definition) is 3. The SMILES string of the molecule is CCOC(=O)c1ccc2c(Br)csc2c1. The quantitative estimate of drug-likeness (QED) is 0.784. The molecule has 0 N–H and O–H groups in total. The molecule has 4 heteroatoms. The van der Waals surface area contributed by atoms with E-state index in [1.54, 1.807) is 24.3 Å². The van der Waals surface area contributed by atoms with E-state index in [2.05, 4.69) is 15.9 Å². The summed E-state index contributed by atoms with van der Waals surface area (Å²) in [6.07, 6.45) is 0. The number of fused-ring (bicyclic) bond motifs is 1. The van der Waals surface area contributed by atoms with Crippen molar-refractivity contribution in [2.75, 3.05) is 6.61 Å². The Labute approximate surface area is 100.0 Å². The van der Waals surface area contributed by atoms with Crippen LogP contribution in [0.2, 0.25) is 0 Å². The molecule has 2 rings (SSSR count). The molecule has 1 aromatic heterocycles. The predicted molar refractivity (Wildman–Crippen MR) is 65.5 cm³/mol. The Bertz CT molecular complexity index is 504. The first-order chi connectivity index (χ1) is 7.22. The van der Waals surface area contributed by atoms with Gasteiger partial charge in [0.25, 0.3) is 0 Å². The van der Waals surface area contributed by atoms with Crippen LogP contribution in [0.5, 0.6) is 0 Å². The van der Waals surface area contributed by atoms with E-state index in [0.29, 0.717) is 12.2 Å². The van der Waals surface area contributed by atoms with Gasteiger partial charge in [-0.05, 0) is 35.0 Å². The molecule has 78 valence electrons. The molecule has 0 saturated carbocycles. The zero-order valence-electron chi connectivity index (χ0n) is 8.12. The first-order valence-electron chi connectivity index (χ1n) is 4.56. The lowest BCUT2D eigenvalue weighted by molar-refractivity contribution is 0.0526. The smallest absolute Gasteiger partial charge is 0.338 e. The number of carbonyl (C=O) groups is 1. The number of ether oxygens (including phenoxy) is 1. The van der Waals surface area contributed by atoms with Crippen LogP contribution >= 0.6 is 27.3 Å². The lowest BCUT2D eigenvalue weighted by Gasteiger charge is -2.01. The Kier molecular flexibility index (Phi) is 3.07. The van der Waals surface area contributed by atoms with Crippen molar-refractivity contribution in [3.8, 4) is 0 Å². The highest BCUT2D eigenvalue weighted by Gasteiger charge is 2.08. The minimum Gasteiger partial charge on any atom is -0.462 e. The molecule has 0 amide bonds. The Morgan fingerprint density at radius 1 is 1.53 bits per heavy atom. The molecule has 0 spiro atoms. The van der Waals surface area contributed by atoms with Gasteiger partial charge < -0.3 is 4.74 Å². The third-order valence-electron chi connectivity index (χ3n) is 2.04. The molecule has 2 aromatic rings. The Morgan fingerprint density at radius 2 is 2.33 bits per heavy atom. The second-order valence-electron chi connectivity index (χ2n) is 3.02. The number of esters is 1. The molecule has 0 aliphatic rings. The second-order valence-corrected chi connectivity index (χ2v) is 4.78. The first kappa shape index (κ1) is 10.6. The molecular formula is C11H9BrO2S. The molecule has 0 atom stereocenters. The lowest BCUT2D eigenvalue weighted by atomic mass is 10.2. The van der Waals surface area contributed by atoms with E-state index in [0.717, 1.165) is 14.6 Å². The fourth-order valence-corrected chi connectivity index (χ4v) is 2.95. The summed E-state index contributed by atoms with van der Waals surface area (Å²) in [7, 11) is 0. The first-order valence-corrected chi connectivity index (χ1v) is 6.23. The van der Waals surface area contributed by atoms with E-state index in [1.807, 2.05) is 17.5 Å². The Balaban J connectivity index is 2.43. The van der Waals surface area contributed by atoms with E-state index in [9.17, 15) is 4.79 Å². The highest BCUT2D eigenvalue weighted by Crippen LogP contribution is 2.30. The van der Waals surface area contributed by atoms with E-state index in [-0.39, 0.29) is 5.97 Å².